The number of benzene rings is 3. The number of hydrogen-bond acceptors (Lipinski definition) is 8. The summed E-state index contributed by atoms with van der Waals surface area (Å²) >= 11 is 1.28. The molecule has 0 aliphatic carbocycles. The van der Waals surface area contributed by atoms with Crippen molar-refractivity contribution in [2.45, 2.75) is 20.0 Å². The van der Waals surface area contributed by atoms with Crippen molar-refractivity contribution in [3.05, 3.63) is 123 Å². The predicted octanol–water partition coefficient (Wildman–Crippen LogP) is 6.08. The van der Waals surface area contributed by atoms with Crippen LogP contribution in [0.1, 0.15) is 30.8 Å². The second-order valence-corrected chi connectivity index (χ2v) is 11.3. The molecule has 0 amide bonds. The monoisotopic (exact) mass is 617 g/mol. The molecule has 0 aliphatic heterocycles. The van der Waals surface area contributed by atoms with Gasteiger partial charge in [0, 0.05) is 17.3 Å². The highest BCUT2D eigenvalue weighted by Crippen LogP contribution is 2.29. The first-order valence-corrected chi connectivity index (χ1v) is 15.2. The number of methoxy groups -OCH3 is 1. The lowest BCUT2D eigenvalue weighted by Gasteiger charge is -2.09. The summed E-state index contributed by atoms with van der Waals surface area (Å²) in [6, 6.07) is 23.3. The van der Waals surface area contributed by atoms with Gasteiger partial charge in [-0.15, -0.1) is 5.10 Å². The molecule has 45 heavy (non-hydrogen) atoms. The number of rotatable bonds is 11. The van der Waals surface area contributed by atoms with Crippen molar-refractivity contribution >= 4 is 34.5 Å². The maximum atomic E-state index is 13.4. The lowest BCUT2D eigenvalue weighted by atomic mass is 10.1. The van der Waals surface area contributed by atoms with Gasteiger partial charge in [0.15, 0.2) is 17.3 Å². The predicted molar refractivity (Wildman–Crippen MR) is 178 cm³/mol. The fourth-order valence-corrected chi connectivity index (χ4v) is 5.59. The summed E-state index contributed by atoms with van der Waals surface area (Å²) in [6.45, 7) is 8.04. The van der Waals surface area contributed by atoms with Gasteiger partial charge in [0.25, 0.3) is 5.56 Å². The van der Waals surface area contributed by atoms with Gasteiger partial charge in [0.05, 0.1) is 23.4 Å². The zero-order chi connectivity index (χ0) is 31.3. The highest BCUT2D eigenvalue weighted by atomic mass is 32.1. The molecular formula is C35H31N5O4S. The lowest BCUT2D eigenvalue weighted by molar-refractivity contribution is 0.242. The van der Waals surface area contributed by atoms with Crippen LogP contribution in [0.15, 0.2) is 96.4 Å². The summed E-state index contributed by atoms with van der Waals surface area (Å²) < 4.78 is 20.5. The van der Waals surface area contributed by atoms with Crippen molar-refractivity contribution in [3.63, 3.8) is 0 Å². The third kappa shape index (κ3) is 6.56. The quantitative estimate of drug-likeness (QED) is 0.163. The van der Waals surface area contributed by atoms with Crippen molar-refractivity contribution in [2.75, 3.05) is 13.7 Å². The number of aromatic nitrogens is 5. The first-order chi connectivity index (χ1) is 21.9. The smallest absolute Gasteiger partial charge is 0.291 e. The Morgan fingerprint density at radius 2 is 1.78 bits per heavy atom. The van der Waals surface area contributed by atoms with E-state index >= 15 is 0 Å². The molecule has 0 atom stereocenters. The SMILES string of the molecule is C=CCOc1ccc(/C=C/c2nc3s/c(=C\c4cn(-c5ccccc5)nc4-c4ccc(OC(C)C)cc4)c(=O)n3n2)cc1OC. The fourth-order valence-electron chi connectivity index (χ4n) is 4.68. The molecule has 0 spiro atoms. The number of hydrogen-bond donors (Lipinski definition) is 0. The van der Waals surface area contributed by atoms with E-state index in [1.165, 1.54) is 15.9 Å². The molecule has 226 valence electrons. The zero-order valence-corrected chi connectivity index (χ0v) is 25.9. The Balaban J connectivity index is 1.32. The van der Waals surface area contributed by atoms with E-state index in [0.29, 0.717) is 33.4 Å². The summed E-state index contributed by atoms with van der Waals surface area (Å²) in [6.07, 6.45) is 9.15. The van der Waals surface area contributed by atoms with Gasteiger partial charge in [-0.05, 0) is 80.1 Å². The number of fused-ring (bicyclic) bond motifs is 1. The minimum Gasteiger partial charge on any atom is -0.493 e. The molecule has 0 fully saturated rings. The highest BCUT2D eigenvalue weighted by Gasteiger charge is 2.14. The van der Waals surface area contributed by atoms with Crippen LogP contribution in [0, 0.1) is 0 Å². The molecule has 3 aromatic carbocycles. The topological polar surface area (TPSA) is 92.8 Å². The molecular weight excluding hydrogens is 586 g/mol. The molecule has 3 aromatic heterocycles. The Kier molecular flexibility index (Phi) is 8.56. The minimum absolute atomic E-state index is 0.0763. The van der Waals surface area contributed by atoms with E-state index in [9.17, 15) is 4.79 Å². The summed E-state index contributed by atoms with van der Waals surface area (Å²) in [7, 11) is 1.59. The lowest BCUT2D eigenvalue weighted by Crippen LogP contribution is -2.23. The largest absolute Gasteiger partial charge is 0.493 e. The third-order valence-electron chi connectivity index (χ3n) is 6.72. The van der Waals surface area contributed by atoms with E-state index < -0.39 is 0 Å². The molecule has 0 radical (unpaired) electrons. The second-order valence-electron chi connectivity index (χ2n) is 10.3. The van der Waals surface area contributed by atoms with Crippen LogP contribution in [-0.2, 0) is 0 Å². The zero-order valence-electron chi connectivity index (χ0n) is 25.1. The number of para-hydroxylation sites is 1. The molecule has 0 unspecified atom stereocenters. The van der Waals surface area contributed by atoms with Crippen LogP contribution in [0.5, 0.6) is 17.2 Å². The van der Waals surface area contributed by atoms with Crippen LogP contribution < -0.4 is 24.3 Å². The fraction of sp³-hybridized carbons (Fsp3) is 0.143. The summed E-state index contributed by atoms with van der Waals surface area (Å²) in [4.78, 5) is 18.5. The van der Waals surface area contributed by atoms with Gasteiger partial charge in [0.1, 0.15) is 18.1 Å². The van der Waals surface area contributed by atoms with Gasteiger partial charge in [0.2, 0.25) is 4.96 Å². The van der Waals surface area contributed by atoms with Crippen LogP contribution in [0.2, 0.25) is 0 Å². The maximum Gasteiger partial charge on any atom is 0.291 e. The average Bonchev–Trinajstić information content (AvgIpc) is 3.74. The van der Waals surface area contributed by atoms with Crippen LogP contribution in [0.25, 0.3) is 40.1 Å². The van der Waals surface area contributed by atoms with Crippen LogP contribution in [0.3, 0.4) is 0 Å². The van der Waals surface area contributed by atoms with Crippen molar-refractivity contribution in [3.8, 4) is 34.2 Å². The molecule has 6 aromatic rings. The number of nitrogens with zero attached hydrogens (tertiary/aromatic N) is 5. The van der Waals surface area contributed by atoms with Gasteiger partial charge < -0.3 is 14.2 Å². The summed E-state index contributed by atoms with van der Waals surface area (Å²) in [5, 5.41) is 9.34. The van der Waals surface area contributed by atoms with Gasteiger partial charge in [-0.25, -0.2) is 4.68 Å². The molecule has 10 heteroatoms. The Bertz CT molecular complexity index is 2090. The van der Waals surface area contributed by atoms with Crippen LogP contribution >= 0.6 is 11.3 Å². The summed E-state index contributed by atoms with van der Waals surface area (Å²) in [5.74, 6) is 2.45. The van der Waals surface area contributed by atoms with E-state index in [-0.39, 0.29) is 11.7 Å². The van der Waals surface area contributed by atoms with Crippen molar-refractivity contribution in [2.24, 2.45) is 0 Å². The number of thiazole rings is 1. The molecule has 3 heterocycles. The van der Waals surface area contributed by atoms with E-state index in [1.54, 1.807) is 19.3 Å². The molecule has 0 N–H and O–H groups in total. The standard InChI is InChI=1S/C35H31N5O4S/c1-5-19-43-29-17-11-24(20-30(29)42-4)12-18-32-36-35-40(37-32)34(41)31(45-35)21-26-22-39(27-9-7-6-8-10-27)38-33(26)25-13-15-28(16-14-25)44-23(2)3/h5-18,20-23H,1,19H2,2-4H3/b18-12+,31-21-. The second kappa shape index (κ2) is 13.0. The molecule has 9 nitrogen and oxygen atoms in total. The molecule has 0 saturated carbocycles. The first kappa shape index (κ1) is 29.6. The third-order valence-corrected chi connectivity index (χ3v) is 7.68. The van der Waals surface area contributed by atoms with Gasteiger partial charge in [-0.2, -0.15) is 14.6 Å². The van der Waals surface area contributed by atoms with E-state index in [2.05, 4.69) is 16.7 Å². The molecule has 0 bridgehead atoms. The first-order valence-electron chi connectivity index (χ1n) is 14.3. The highest BCUT2D eigenvalue weighted by molar-refractivity contribution is 7.15. The normalized spacial score (nSPS) is 12.0. The van der Waals surface area contributed by atoms with Gasteiger partial charge >= 0.3 is 0 Å². The molecule has 0 aliphatic rings. The average molecular weight is 618 g/mol. The van der Waals surface area contributed by atoms with Crippen molar-refractivity contribution in [1.29, 1.82) is 0 Å². The van der Waals surface area contributed by atoms with Crippen molar-refractivity contribution < 1.29 is 14.2 Å². The Labute approximate surface area is 264 Å². The summed E-state index contributed by atoms with van der Waals surface area (Å²) in [5.41, 5.74) is 3.99. The van der Waals surface area contributed by atoms with Gasteiger partial charge in [-0.3, -0.25) is 4.79 Å². The Morgan fingerprint density at radius 1 is 0.978 bits per heavy atom. The number of ether oxygens (including phenoxy) is 3. The van der Waals surface area contributed by atoms with E-state index in [4.69, 9.17) is 19.3 Å². The van der Waals surface area contributed by atoms with Crippen molar-refractivity contribution in [1.82, 2.24) is 24.4 Å². The Morgan fingerprint density at radius 3 is 2.49 bits per heavy atom. The van der Waals surface area contributed by atoms with E-state index in [1.807, 2.05) is 110 Å². The molecule has 0 saturated heterocycles. The minimum atomic E-state index is -0.244. The Hall–Kier alpha value is -5.48. The van der Waals surface area contributed by atoms with Crippen LogP contribution in [0.4, 0.5) is 0 Å². The molecule has 6 rings (SSSR count). The van der Waals surface area contributed by atoms with Gasteiger partial charge in [-0.1, -0.05) is 54.3 Å². The van der Waals surface area contributed by atoms with Crippen LogP contribution in [-0.4, -0.2) is 44.2 Å². The maximum absolute atomic E-state index is 13.4. The van der Waals surface area contributed by atoms with E-state index in [0.717, 1.165) is 33.8 Å².